The summed E-state index contributed by atoms with van der Waals surface area (Å²) in [6.45, 7) is 6.92. The van der Waals surface area contributed by atoms with E-state index in [4.69, 9.17) is 9.72 Å². The largest absolute Gasteiger partial charge is 0.493 e. The summed E-state index contributed by atoms with van der Waals surface area (Å²) in [6, 6.07) is 6.31. The molecule has 1 aromatic carbocycles. The van der Waals surface area contributed by atoms with E-state index in [1.807, 2.05) is 11.3 Å². The van der Waals surface area contributed by atoms with Gasteiger partial charge >= 0.3 is 0 Å². The fourth-order valence-electron chi connectivity index (χ4n) is 2.50. The Hall–Kier alpha value is -1.39. The van der Waals surface area contributed by atoms with Crippen molar-refractivity contribution in [3.05, 3.63) is 44.9 Å². The van der Waals surface area contributed by atoms with Crippen LogP contribution in [0.2, 0.25) is 0 Å². The number of ether oxygens (including phenoxy) is 1. The van der Waals surface area contributed by atoms with Gasteiger partial charge in [0.05, 0.1) is 17.3 Å². The molecule has 0 saturated carbocycles. The minimum Gasteiger partial charge on any atom is -0.493 e. The zero-order valence-corrected chi connectivity index (χ0v) is 12.8. The Morgan fingerprint density at radius 2 is 2.25 bits per heavy atom. The summed E-state index contributed by atoms with van der Waals surface area (Å²) >= 11 is 1.82. The lowest BCUT2D eigenvalue weighted by molar-refractivity contribution is 0.319. The number of rotatable bonds is 4. The number of benzene rings is 1. The second-order valence-corrected chi connectivity index (χ2v) is 6.44. The first kappa shape index (κ1) is 13.6. The van der Waals surface area contributed by atoms with Crippen LogP contribution in [0.1, 0.15) is 26.7 Å². The van der Waals surface area contributed by atoms with Gasteiger partial charge in [-0.1, -0.05) is 17.7 Å². The third-order valence-electron chi connectivity index (χ3n) is 3.55. The van der Waals surface area contributed by atoms with E-state index in [2.05, 4.69) is 37.4 Å². The number of nitrogens with one attached hydrogen (secondary N) is 1. The molecule has 0 fully saturated rings. The standard InChI is InChI=1S/C16H20N2OS/c1-11-3-4-14(12(2)9-11)19-8-6-16-18-13-5-7-17-10-15(13)20-16/h3-4,9,17H,5-8,10H2,1-2H3. The summed E-state index contributed by atoms with van der Waals surface area (Å²) in [6.07, 6.45) is 1.95. The maximum atomic E-state index is 5.88. The number of aromatic nitrogens is 1. The van der Waals surface area contributed by atoms with Crippen LogP contribution < -0.4 is 10.1 Å². The fourth-order valence-corrected chi connectivity index (χ4v) is 3.56. The third kappa shape index (κ3) is 3.02. The highest BCUT2D eigenvalue weighted by molar-refractivity contribution is 7.11. The number of hydrogen-bond acceptors (Lipinski definition) is 4. The van der Waals surface area contributed by atoms with Gasteiger partial charge in [-0.25, -0.2) is 4.98 Å². The Kier molecular flexibility index (Phi) is 4.03. The molecule has 1 aliphatic heterocycles. The molecule has 0 unspecified atom stereocenters. The van der Waals surface area contributed by atoms with Crippen LogP contribution in [0.3, 0.4) is 0 Å². The molecule has 3 rings (SSSR count). The Morgan fingerprint density at radius 3 is 3.05 bits per heavy atom. The molecule has 0 amide bonds. The first-order chi connectivity index (χ1) is 9.72. The first-order valence-corrected chi connectivity index (χ1v) is 7.92. The third-order valence-corrected chi connectivity index (χ3v) is 4.71. The minimum atomic E-state index is 0.698. The fraction of sp³-hybridized carbons (Fsp3) is 0.438. The summed E-state index contributed by atoms with van der Waals surface area (Å²) < 4.78 is 5.88. The van der Waals surface area contributed by atoms with Gasteiger partial charge in [0.1, 0.15) is 5.75 Å². The van der Waals surface area contributed by atoms with Crippen LogP contribution >= 0.6 is 11.3 Å². The van der Waals surface area contributed by atoms with Crippen LogP contribution in [-0.4, -0.2) is 18.1 Å². The summed E-state index contributed by atoms with van der Waals surface area (Å²) in [7, 11) is 0. The molecule has 0 bridgehead atoms. The molecule has 20 heavy (non-hydrogen) atoms. The predicted octanol–water partition coefficient (Wildman–Crippen LogP) is 3.03. The molecule has 0 radical (unpaired) electrons. The average Bonchev–Trinajstić information content (AvgIpc) is 2.84. The van der Waals surface area contributed by atoms with E-state index in [9.17, 15) is 0 Å². The van der Waals surface area contributed by atoms with Gasteiger partial charge in [-0.15, -0.1) is 11.3 Å². The number of nitrogens with zero attached hydrogens (tertiary/aromatic N) is 1. The quantitative estimate of drug-likeness (QED) is 0.939. The predicted molar refractivity (Wildman–Crippen MR) is 82.6 cm³/mol. The molecule has 106 valence electrons. The van der Waals surface area contributed by atoms with Crippen molar-refractivity contribution in [3.8, 4) is 5.75 Å². The zero-order valence-electron chi connectivity index (χ0n) is 12.0. The van der Waals surface area contributed by atoms with Crippen molar-refractivity contribution >= 4 is 11.3 Å². The van der Waals surface area contributed by atoms with E-state index < -0.39 is 0 Å². The number of thiazole rings is 1. The van der Waals surface area contributed by atoms with E-state index in [1.54, 1.807) is 0 Å². The molecule has 2 heterocycles. The summed E-state index contributed by atoms with van der Waals surface area (Å²) in [5, 5.41) is 4.59. The summed E-state index contributed by atoms with van der Waals surface area (Å²) in [5.74, 6) is 0.985. The van der Waals surface area contributed by atoms with Crippen LogP contribution in [0.4, 0.5) is 0 Å². The van der Waals surface area contributed by atoms with Gasteiger partial charge in [0.15, 0.2) is 0 Å². The number of hydrogen-bond donors (Lipinski definition) is 1. The Morgan fingerprint density at radius 1 is 1.35 bits per heavy atom. The Balaban J connectivity index is 1.58. The smallest absolute Gasteiger partial charge is 0.122 e. The molecule has 1 aromatic heterocycles. The van der Waals surface area contributed by atoms with Gasteiger partial charge in [-0.3, -0.25) is 0 Å². The van der Waals surface area contributed by atoms with Crippen LogP contribution in [0.5, 0.6) is 5.75 Å². The van der Waals surface area contributed by atoms with E-state index in [0.29, 0.717) is 6.61 Å². The van der Waals surface area contributed by atoms with Crippen LogP contribution in [-0.2, 0) is 19.4 Å². The second-order valence-electron chi connectivity index (χ2n) is 5.27. The Labute approximate surface area is 124 Å². The Bertz CT molecular complexity index is 583. The van der Waals surface area contributed by atoms with Gasteiger partial charge in [0.2, 0.25) is 0 Å². The highest BCUT2D eigenvalue weighted by Gasteiger charge is 2.14. The van der Waals surface area contributed by atoms with Crippen molar-refractivity contribution in [1.29, 1.82) is 0 Å². The van der Waals surface area contributed by atoms with E-state index in [-0.39, 0.29) is 0 Å². The lowest BCUT2D eigenvalue weighted by atomic mass is 10.1. The molecule has 1 N–H and O–H groups in total. The molecular formula is C16H20N2OS. The van der Waals surface area contributed by atoms with Gasteiger partial charge in [0, 0.05) is 30.8 Å². The maximum Gasteiger partial charge on any atom is 0.122 e. The van der Waals surface area contributed by atoms with Crippen molar-refractivity contribution < 1.29 is 4.74 Å². The molecule has 3 nitrogen and oxygen atoms in total. The van der Waals surface area contributed by atoms with Crippen LogP contribution in [0.15, 0.2) is 18.2 Å². The van der Waals surface area contributed by atoms with Crippen molar-refractivity contribution in [2.75, 3.05) is 13.2 Å². The van der Waals surface area contributed by atoms with Crippen molar-refractivity contribution in [3.63, 3.8) is 0 Å². The molecule has 1 aliphatic rings. The summed E-state index contributed by atoms with van der Waals surface area (Å²) in [5.41, 5.74) is 3.76. The molecule has 4 heteroatoms. The van der Waals surface area contributed by atoms with E-state index in [1.165, 1.54) is 26.7 Å². The van der Waals surface area contributed by atoms with Gasteiger partial charge < -0.3 is 10.1 Å². The minimum absolute atomic E-state index is 0.698. The second kappa shape index (κ2) is 5.94. The van der Waals surface area contributed by atoms with Gasteiger partial charge in [-0.05, 0) is 25.5 Å². The lowest BCUT2D eigenvalue weighted by Crippen LogP contribution is -2.22. The maximum absolute atomic E-state index is 5.88. The number of fused-ring (bicyclic) bond motifs is 1. The molecule has 0 spiro atoms. The molecular weight excluding hydrogens is 268 g/mol. The highest BCUT2D eigenvalue weighted by Crippen LogP contribution is 2.23. The lowest BCUT2D eigenvalue weighted by Gasteiger charge is -2.09. The molecule has 0 saturated heterocycles. The van der Waals surface area contributed by atoms with Gasteiger partial charge in [0.25, 0.3) is 0 Å². The van der Waals surface area contributed by atoms with E-state index >= 15 is 0 Å². The van der Waals surface area contributed by atoms with Crippen LogP contribution in [0, 0.1) is 13.8 Å². The van der Waals surface area contributed by atoms with E-state index in [0.717, 1.165) is 31.7 Å². The SMILES string of the molecule is Cc1ccc(OCCc2nc3c(s2)CNCC3)c(C)c1. The topological polar surface area (TPSA) is 34.1 Å². The average molecular weight is 288 g/mol. The van der Waals surface area contributed by atoms with Crippen molar-refractivity contribution in [2.24, 2.45) is 0 Å². The molecule has 0 atom stereocenters. The van der Waals surface area contributed by atoms with Crippen molar-refractivity contribution in [2.45, 2.75) is 33.2 Å². The molecule has 0 aliphatic carbocycles. The first-order valence-electron chi connectivity index (χ1n) is 7.10. The number of aryl methyl sites for hydroxylation is 2. The van der Waals surface area contributed by atoms with Crippen molar-refractivity contribution in [1.82, 2.24) is 10.3 Å². The molecule has 2 aromatic rings. The zero-order chi connectivity index (χ0) is 13.9. The normalized spacial score (nSPS) is 14.1. The summed E-state index contributed by atoms with van der Waals surface area (Å²) in [4.78, 5) is 6.12. The van der Waals surface area contributed by atoms with Crippen LogP contribution in [0.25, 0.3) is 0 Å². The highest BCUT2D eigenvalue weighted by atomic mass is 32.1. The van der Waals surface area contributed by atoms with Gasteiger partial charge in [-0.2, -0.15) is 0 Å². The monoisotopic (exact) mass is 288 g/mol.